The molecule has 1 aromatic carbocycles. The minimum atomic E-state index is 0.0381. The van der Waals surface area contributed by atoms with Crippen LogP contribution in [-0.4, -0.2) is 48.6 Å². The Morgan fingerprint density at radius 1 is 1.39 bits per heavy atom. The van der Waals surface area contributed by atoms with Crippen molar-refractivity contribution in [1.29, 1.82) is 0 Å². The van der Waals surface area contributed by atoms with Crippen LogP contribution >= 0.6 is 0 Å². The highest BCUT2D eigenvalue weighted by molar-refractivity contribution is 5.81. The maximum absolute atomic E-state index is 12.0. The normalized spacial score (nSPS) is 17.7. The molecule has 1 fully saturated rings. The molecule has 1 aromatic heterocycles. The van der Waals surface area contributed by atoms with Crippen LogP contribution < -0.4 is 5.32 Å². The second-order valence-corrected chi connectivity index (χ2v) is 6.10. The summed E-state index contributed by atoms with van der Waals surface area (Å²) in [5.41, 5.74) is 2.14. The summed E-state index contributed by atoms with van der Waals surface area (Å²) in [6.07, 6.45) is 4.12. The fourth-order valence-electron chi connectivity index (χ4n) is 2.98. The van der Waals surface area contributed by atoms with Crippen LogP contribution in [0.3, 0.4) is 0 Å². The minimum Gasteiger partial charge on any atom is -0.376 e. The lowest BCUT2D eigenvalue weighted by Crippen LogP contribution is -2.38. The van der Waals surface area contributed by atoms with Gasteiger partial charge in [0.1, 0.15) is 0 Å². The van der Waals surface area contributed by atoms with Crippen LogP contribution in [-0.2, 0) is 16.1 Å². The molecular formula is C18H23N3O2. The molecule has 2 aromatic rings. The number of hydrogen-bond acceptors (Lipinski definition) is 4. The van der Waals surface area contributed by atoms with E-state index in [0.29, 0.717) is 19.6 Å². The molecule has 5 heteroatoms. The Kier molecular flexibility index (Phi) is 5.20. The molecule has 1 aliphatic heterocycles. The molecule has 1 aliphatic rings. The second kappa shape index (κ2) is 7.53. The van der Waals surface area contributed by atoms with E-state index in [4.69, 9.17) is 4.74 Å². The highest BCUT2D eigenvalue weighted by Crippen LogP contribution is 2.17. The highest BCUT2D eigenvalue weighted by atomic mass is 16.5. The molecule has 1 amide bonds. The standard InChI is InChI=1S/C18H23N3O2/c1-21(13-17(22)20-11-16-8-4-10-23-16)12-15-6-2-5-14-7-3-9-19-18(14)15/h2-3,5-7,9,16H,4,8,10-13H2,1H3,(H,20,22). The Bertz CT molecular complexity index is 663. The minimum absolute atomic E-state index is 0.0381. The molecule has 0 radical (unpaired) electrons. The number of nitrogens with zero attached hydrogens (tertiary/aromatic N) is 2. The third kappa shape index (κ3) is 4.27. The lowest BCUT2D eigenvalue weighted by Gasteiger charge is -2.18. The van der Waals surface area contributed by atoms with Gasteiger partial charge >= 0.3 is 0 Å². The molecule has 23 heavy (non-hydrogen) atoms. The first-order chi connectivity index (χ1) is 11.2. The lowest BCUT2D eigenvalue weighted by molar-refractivity contribution is -0.122. The fourth-order valence-corrected chi connectivity index (χ4v) is 2.98. The molecule has 2 heterocycles. The summed E-state index contributed by atoms with van der Waals surface area (Å²) >= 11 is 0. The summed E-state index contributed by atoms with van der Waals surface area (Å²) in [5, 5.41) is 4.08. The monoisotopic (exact) mass is 313 g/mol. The Morgan fingerprint density at radius 2 is 2.26 bits per heavy atom. The number of amides is 1. The number of pyridine rings is 1. The maximum Gasteiger partial charge on any atom is 0.234 e. The SMILES string of the molecule is CN(CC(=O)NCC1CCCO1)Cc1cccc2cccnc12. The third-order valence-electron chi connectivity index (χ3n) is 4.12. The molecule has 1 N–H and O–H groups in total. The zero-order valence-corrected chi connectivity index (χ0v) is 13.5. The van der Waals surface area contributed by atoms with Gasteiger partial charge < -0.3 is 10.1 Å². The predicted octanol–water partition coefficient (Wildman–Crippen LogP) is 1.96. The van der Waals surface area contributed by atoms with Crippen molar-refractivity contribution >= 4 is 16.8 Å². The van der Waals surface area contributed by atoms with E-state index in [1.165, 1.54) is 0 Å². The molecule has 5 nitrogen and oxygen atoms in total. The van der Waals surface area contributed by atoms with Crippen molar-refractivity contribution < 1.29 is 9.53 Å². The Labute approximate surface area is 136 Å². The number of carbonyl (C=O) groups is 1. The molecule has 3 rings (SSSR count). The number of ether oxygens (including phenoxy) is 1. The number of rotatable bonds is 6. The van der Waals surface area contributed by atoms with E-state index >= 15 is 0 Å². The van der Waals surface area contributed by atoms with Crippen LogP contribution in [0.4, 0.5) is 0 Å². The van der Waals surface area contributed by atoms with Crippen LogP contribution in [0.5, 0.6) is 0 Å². The van der Waals surface area contributed by atoms with Gasteiger partial charge in [-0.3, -0.25) is 14.7 Å². The smallest absolute Gasteiger partial charge is 0.234 e. The van der Waals surface area contributed by atoms with Gasteiger partial charge in [-0.2, -0.15) is 0 Å². The predicted molar refractivity (Wildman–Crippen MR) is 90.1 cm³/mol. The molecule has 122 valence electrons. The fraction of sp³-hybridized carbons (Fsp3) is 0.444. The van der Waals surface area contributed by atoms with Gasteiger partial charge in [0.05, 0.1) is 18.2 Å². The molecular weight excluding hydrogens is 290 g/mol. The van der Waals surface area contributed by atoms with Crippen molar-refractivity contribution in [3.63, 3.8) is 0 Å². The topological polar surface area (TPSA) is 54.5 Å². The van der Waals surface area contributed by atoms with Crippen LogP contribution in [0.1, 0.15) is 18.4 Å². The number of carbonyl (C=O) groups excluding carboxylic acids is 1. The summed E-state index contributed by atoms with van der Waals surface area (Å²) in [7, 11) is 1.95. The van der Waals surface area contributed by atoms with E-state index in [0.717, 1.165) is 35.9 Å². The van der Waals surface area contributed by atoms with Crippen molar-refractivity contribution in [2.45, 2.75) is 25.5 Å². The quantitative estimate of drug-likeness (QED) is 0.886. The van der Waals surface area contributed by atoms with Crippen molar-refractivity contribution in [2.24, 2.45) is 0 Å². The van der Waals surface area contributed by atoms with Crippen molar-refractivity contribution in [3.8, 4) is 0 Å². The molecule has 0 aliphatic carbocycles. The molecule has 1 atom stereocenters. The first-order valence-corrected chi connectivity index (χ1v) is 8.12. The van der Waals surface area contributed by atoms with Gasteiger partial charge in [0.2, 0.25) is 5.91 Å². The van der Waals surface area contributed by atoms with Crippen LogP contribution in [0.2, 0.25) is 0 Å². The van der Waals surface area contributed by atoms with Crippen LogP contribution in [0, 0.1) is 0 Å². The number of hydrogen-bond donors (Lipinski definition) is 1. The number of likely N-dealkylation sites (N-methyl/N-ethyl adjacent to an activating group) is 1. The second-order valence-electron chi connectivity index (χ2n) is 6.10. The van der Waals surface area contributed by atoms with Crippen molar-refractivity contribution in [2.75, 3.05) is 26.7 Å². The van der Waals surface area contributed by atoms with Gasteiger partial charge in [-0.1, -0.05) is 24.3 Å². The number of nitrogens with one attached hydrogen (secondary N) is 1. The molecule has 0 saturated carbocycles. The van der Waals surface area contributed by atoms with Gasteiger partial charge in [0.25, 0.3) is 0 Å². The molecule has 0 bridgehead atoms. The Balaban J connectivity index is 1.53. The number of aromatic nitrogens is 1. The first kappa shape index (κ1) is 15.9. The lowest BCUT2D eigenvalue weighted by atomic mass is 10.1. The average molecular weight is 313 g/mol. The van der Waals surface area contributed by atoms with Crippen LogP contribution in [0.15, 0.2) is 36.5 Å². The summed E-state index contributed by atoms with van der Waals surface area (Å²) in [4.78, 5) is 18.5. The number of para-hydroxylation sites is 1. The van der Waals surface area contributed by atoms with E-state index in [1.807, 2.05) is 24.1 Å². The Hall–Kier alpha value is -1.98. The first-order valence-electron chi connectivity index (χ1n) is 8.12. The van der Waals surface area contributed by atoms with E-state index < -0.39 is 0 Å². The van der Waals surface area contributed by atoms with Crippen LogP contribution in [0.25, 0.3) is 10.9 Å². The summed E-state index contributed by atoms with van der Waals surface area (Å²) in [5.74, 6) is 0.0381. The van der Waals surface area contributed by atoms with E-state index in [-0.39, 0.29) is 12.0 Å². The molecule has 1 saturated heterocycles. The van der Waals surface area contributed by atoms with Gasteiger partial charge in [0.15, 0.2) is 0 Å². The van der Waals surface area contributed by atoms with Gasteiger partial charge in [-0.15, -0.1) is 0 Å². The van der Waals surface area contributed by atoms with Gasteiger partial charge in [-0.05, 0) is 31.5 Å². The maximum atomic E-state index is 12.0. The van der Waals surface area contributed by atoms with Crippen molar-refractivity contribution in [3.05, 3.63) is 42.1 Å². The molecule has 1 unspecified atom stereocenters. The largest absolute Gasteiger partial charge is 0.376 e. The van der Waals surface area contributed by atoms with Gasteiger partial charge in [0, 0.05) is 31.3 Å². The summed E-state index contributed by atoms with van der Waals surface area (Å²) in [6.45, 7) is 2.49. The number of fused-ring (bicyclic) bond motifs is 1. The zero-order chi connectivity index (χ0) is 16.1. The van der Waals surface area contributed by atoms with Crippen molar-refractivity contribution in [1.82, 2.24) is 15.2 Å². The van der Waals surface area contributed by atoms with Gasteiger partial charge in [-0.25, -0.2) is 0 Å². The Morgan fingerprint density at radius 3 is 3.09 bits per heavy atom. The van der Waals surface area contributed by atoms with E-state index in [2.05, 4.69) is 28.5 Å². The molecule has 0 spiro atoms. The summed E-state index contributed by atoms with van der Waals surface area (Å²) < 4.78 is 5.52. The summed E-state index contributed by atoms with van der Waals surface area (Å²) in [6, 6.07) is 10.1. The third-order valence-corrected chi connectivity index (χ3v) is 4.12. The highest BCUT2D eigenvalue weighted by Gasteiger charge is 2.16. The number of benzene rings is 1. The van der Waals surface area contributed by atoms with E-state index in [1.54, 1.807) is 6.20 Å². The average Bonchev–Trinajstić information content (AvgIpc) is 3.07. The zero-order valence-electron chi connectivity index (χ0n) is 13.5. The van der Waals surface area contributed by atoms with E-state index in [9.17, 15) is 4.79 Å².